The fraction of sp³-hybridized carbons (Fsp3) is 0. The van der Waals surface area contributed by atoms with E-state index in [-0.39, 0.29) is 0 Å². The Morgan fingerprint density at radius 3 is 1.83 bits per heavy atom. The predicted molar refractivity (Wildman–Crippen MR) is 75.7 cm³/mol. The second kappa shape index (κ2) is 6.22. The van der Waals surface area contributed by atoms with Gasteiger partial charge >= 0.3 is 0 Å². The molecule has 2 rings (SSSR count). The van der Waals surface area contributed by atoms with Crippen LogP contribution in [-0.2, 0) is 0 Å². The third kappa shape index (κ3) is 3.47. The fourth-order valence-electron chi connectivity index (χ4n) is 1.57. The standard InChI is InChI=1S/C17H13N/c18-14-17-12-10-16(11-13-17)9-5-4-8-15-6-2-1-3-7-15/h1-13H/b8-4+,9-5-. The fourth-order valence-corrected chi connectivity index (χ4v) is 1.57. The first-order valence-corrected chi connectivity index (χ1v) is 5.78. The van der Waals surface area contributed by atoms with Crippen molar-refractivity contribution in [3.63, 3.8) is 0 Å². The van der Waals surface area contributed by atoms with Gasteiger partial charge in [-0.05, 0) is 23.3 Å². The molecule has 0 saturated carbocycles. The van der Waals surface area contributed by atoms with E-state index in [0.29, 0.717) is 5.56 Å². The number of hydrogen-bond donors (Lipinski definition) is 0. The van der Waals surface area contributed by atoms with Crippen molar-refractivity contribution < 1.29 is 0 Å². The van der Waals surface area contributed by atoms with E-state index in [4.69, 9.17) is 5.26 Å². The Bertz CT molecular complexity index is 584. The number of benzene rings is 2. The Morgan fingerprint density at radius 2 is 1.28 bits per heavy atom. The Balaban J connectivity index is 1.99. The van der Waals surface area contributed by atoms with Crippen molar-refractivity contribution in [3.8, 4) is 6.07 Å². The Labute approximate surface area is 107 Å². The molecule has 0 N–H and O–H groups in total. The van der Waals surface area contributed by atoms with E-state index in [0.717, 1.165) is 5.56 Å². The molecule has 86 valence electrons. The molecule has 18 heavy (non-hydrogen) atoms. The third-order valence-electron chi connectivity index (χ3n) is 2.53. The zero-order valence-electron chi connectivity index (χ0n) is 9.95. The number of nitriles is 1. The molecule has 0 aliphatic heterocycles. The first-order valence-electron chi connectivity index (χ1n) is 5.78. The Hall–Kier alpha value is -2.59. The summed E-state index contributed by atoms with van der Waals surface area (Å²) in [6.07, 6.45) is 8.07. The Morgan fingerprint density at radius 1 is 0.722 bits per heavy atom. The molecule has 0 bridgehead atoms. The van der Waals surface area contributed by atoms with Gasteiger partial charge < -0.3 is 0 Å². The molecule has 0 aromatic heterocycles. The number of rotatable bonds is 3. The minimum atomic E-state index is 0.687. The topological polar surface area (TPSA) is 23.8 Å². The first kappa shape index (κ1) is 11.9. The lowest BCUT2D eigenvalue weighted by atomic mass is 10.1. The van der Waals surface area contributed by atoms with E-state index >= 15 is 0 Å². The smallest absolute Gasteiger partial charge is 0.0991 e. The summed E-state index contributed by atoms with van der Waals surface area (Å²) in [4.78, 5) is 0. The highest BCUT2D eigenvalue weighted by Crippen LogP contribution is 2.06. The summed E-state index contributed by atoms with van der Waals surface area (Å²) >= 11 is 0. The predicted octanol–water partition coefficient (Wildman–Crippen LogP) is 4.28. The summed E-state index contributed by atoms with van der Waals surface area (Å²) in [6.45, 7) is 0. The van der Waals surface area contributed by atoms with E-state index in [9.17, 15) is 0 Å². The van der Waals surface area contributed by atoms with Gasteiger partial charge in [0.1, 0.15) is 0 Å². The molecular weight excluding hydrogens is 218 g/mol. The molecule has 1 nitrogen and oxygen atoms in total. The highest BCUT2D eigenvalue weighted by atomic mass is 14.2. The SMILES string of the molecule is N#Cc1ccc(/C=C\C=C\c2ccccc2)cc1. The van der Waals surface area contributed by atoms with E-state index in [2.05, 4.69) is 24.3 Å². The van der Waals surface area contributed by atoms with Crippen molar-refractivity contribution in [1.82, 2.24) is 0 Å². The van der Waals surface area contributed by atoms with E-state index in [1.165, 1.54) is 5.56 Å². The summed E-state index contributed by atoms with van der Waals surface area (Å²) < 4.78 is 0. The summed E-state index contributed by atoms with van der Waals surface area (Å²) in [7, 11) is 0. The number of nitrogens with zero attached hydrogens (tertiary/aromatic N) is 1. The van der Waals surface area contributed by atoms with Crippen LogP contribution in [0.2, 0.25) is 0 Å². The van der Waals surface area contributed by atoms with Crippen LogP contribution in [0.25, 0.3) is 12.2 Å². The van der Waals surface area contributed by atoms with Gasteiger partial charge in [0.05, 0.1) is 11.6 Å². The molecule has 2 aromatic rings. The maximum Gasteiger partial charge on any atom is 0.0991 e. The van der Waals surface area contributed by atoms with Crippen molar-refractivity contribution >= 4 is 12.2 Å². The van der Waals surface area contributed by atoms with Crippen LogP contribution in [0.1, 0.15) is 16.7 Å². The van der Waals surface area contributed by atoms with E-state index < -0.39 is 0 Å². The molecule has 0 fully saturated rings. The third-order valence-corrected chi connectivity index (χ3v) is 2.53. The molecule has 0 spiro atoms. The molecule has 0 unspecified atom stereocenters. The van der Waals surface area contributed by atoms with Gasteiger partial charge in [0.15, 0.2) is 0 Å². The van der Waals surface area contributed by atoms with E-state index in [1.54, 1.807) is 0 Å². The molecular formula is C17H13N. The molecule has 1 heteroatoms. The van der Waals surface area contributed by atoms with Gasteiger partial charge in [-0.2, -0.15) is 5.26 Å². The summed E-state index contributed by atoms with van der Waals surface area (Å²) in [5.74, 6) is 0. The lowest BCUT2D eigenvalue weighted by Crippen LogP contribution is -1.74. The lowest BCUT2D eigenvalue weighted by molar-refractivity contribution is 1.48. The summed E-state index contributed by atoms with van der Waals surface area (Å²) in [5.41, 5.74) is 2.96. The number of hydrogen-bond acceptors (Lipinski definition) is 1. The number of allylic oxidation sites excluding steroid dienone is 2. The van der Waals surface area contributed by atoms with Crippen molar-refractivity contribution in [3.05, 3.63) is 83.4 Å². The van der Waals surface area contributed by atoms with Gasteiger partial charge in [-0.1, -0.05) is 66.8 Å². The van der Waals surface area contributed by atoms with Gasteiger partial charge in [0.25, 0.3) is 0 Å². The molecule has 0 heterocycles. The van der Waals surface area contributed by atoms with Gasteiger partial charge in [-0.25, -0.2) is 0 Å². The molecule has 0 radical (unpaired) electrons. The second-order valence-electron chi connectivity index (χ2n) is 3.86. The van der Waals surface area contributed by atoms with Crippen LogP contribution in [0.5, 0.6) is 0 Å². The highest BCUT2D eigenvalue weighted by Gasteiger charge is 1.88. The average Bonchev–Trinajstić information content (AvgIpc) is 2.45. The first-order chi connectivity index (χ1) is 8.88. The maximum atomic E-state index is 8.69. The van der Waals surface area contributed by atoms with Crippen molar-refractivity contribution in [2.45, 2.75) is 0 Å². The minimum absolute atomic E-state index is 0.687. The Kier molecular flexibility index (Phi) is 4.11. The average molecular weight is 231 g/mol. The van der Waals surface area contributed by atoms with Crippen LogP contribution in [0.15, 0.2) is 66.7 Å². The van der Waals surface area contributed by atoms with Gasteiger partial charge in [0.2, 0.25) is 0 Å². The van der Waals surface area contributed by atoms with Crippen molar-refractivity contribution in [1.29, 1.82) is 5.26 Å². The lowest BCUT2D eigenvalue weighted by Gasteiger charge is -1.92. The summed E-state index contributed by atoms with van der Waals surface area (Å²) in [5, 5.41) is 8.69. The van der Waals surface area contributed by atoms with Gasteiger partial charge in [0, 0.05) is 0 Å². The van der Waals surface area contributed by atoms with Crippen LogP contribution < -0.4 is 0 Å². The zero-order valence-corrected chi connectivity index (χ0v) is 9.95. The van der Waals surface area contributed by atoms with Crippen LogP contribution in [0.4, 0.5) is 0 Å². The highest BCUT2D eigenvalue weighted by molar-refractivity contribution is 5.57. The van der Waals surface area contributed by atoms with Gasteiger partial charge in [-0.15, -0.1) is 0 Å². The maximum absolute atomic E-state index is 8.69. The monoisotopic (exact) mass is 231 g/mol. The molecule has 0 aliphatic rings. The van der Waals surface area contributed by atoms with Crippen molar-refractivity contribution in [2.24, 2.45) is 0 Å². The summed E-state index contributed by atoms with van der Waals surface area (Å²) in [6, 6.07) is 19.8. The normalized spacial score (nSPS) is 10.8. The van der Waals surface area contributed by atoms with Crippen molar-refractivity contribution in [2.75, 3.05) is 0 Å². The minimum Gasteiger partial charge on any atom is -0.192 e. The van der Waals surface area contributed by atoms with Crippen LogP contribution >= 0.6 is 0 Å². The second-order valence-corrected chi connectivity index (χ2v) is 3.86. The van der Waals surface area contributed by atoms with Crippen LogP contribution in [-0.4, -0.2) is 0 Å². The largest absolute Gasteiger partial charge is 0.192 e. The molecule has 0 aliphatic carbocycles. The van der Waals surface area contributed by atoms with Crippen LogP contribution in [0.3, 0.4) is 0 Å². The van der Waals surface area contributed by atoms with E-state index in [1.807, 2.05) is 60.7 Å². The molecule has 0 saturated heterocycles. The molecule has 0 amide bonds. The van der Waals surface area contributed by atoms with Gasteiger partial charge in [-0.3, -0.25) is 0 Å². The quantitative estimate of drug-likeness (QED) is 0.723. The molecule has 0 atom stereocenters. The molecule has 2 aromatic carbocycles. The zero-order chi connectivity index (χ0) is 12.6. The van der Waals surface area contributed by atoms with Crippen LogP contribution in [0, 0.1) is 11.3 Å².